The lowest BCUT2D eigenvalue weighted by Gasteiger charge is -2.24. The van der Waals surface area contributed by atoms with Crippen LogP contribution in [0.3, 0.4) is 0 Å². The molecule has 1 aliphatic heterocycles. The molecular weight excluding hydrogens is 286 g/mol. The highest BCUT2D eigenvalue weighted by atomic mass is 16.5. The van der Waals surface area contributed by atoms with Gasteiger partial charge in [0.05, 0.1) is 29.0 Å². The summed E-state index contributed by atoms with van der Waals surface area (Å²) in [6.45, 7) is 0.786. The molecule has 0 saturated carbocycles. The van der Waals surface area contributed by atoms with Crippen molar-refractivity contribution < 1.29 is 4.74 Å². The number of hydrogen-bond acceptors (Lipinski definition) is 3. The Labute approximate surface area is 134 Å². The predicted molar refractivity (Wildman–Crippen MR) is 88.7 cm³/mol. The fourth-order valence-electron chi connectivity index (χ4n) is 3.21. The van der Waals surface area contributed by atoms with Crippen LogP contribution in [-0.4, -0.2) is 16.2 Å². The van der Waals surface area contributed by atoms with Crippen molar-refractivity contribution in [3.63, 3.8) is 0 Å². The van der Waals surface area contributed by atoms with Crippen molar-refractivity contribution in [1.82, 2.24) is 9.55 Å². The first-order valence-corrected chi connectivity index (χ1v) is 7.94. The lowest BCUT2D eigenvalue weighted by molar-refractivity contribution is -0.0295. The molecule has 1 fully saturated rings. The normalized spacial score (nSPS) is 18.0. The van der Waals surface area contributed by atoms with Gasteiger partial charge in [0, 0.05) is 12.2 Å². The van der Waals surface area contributed by atoms with Crippen LogP contribution >= 0.6 is 0 Å². The molecule has 0 bridgehead atoms. The largest absolute Gasteiger partial charge is 0.358 e. The van der Waals surface area contributed by atoms with E-state index in [1.54, 1.807) is 0 Å². The van der Waals surface area contributed by atoms with Crippen LogP contribution in [-0.2, 0) is 4.74 Å². The summed E-state index contributed by atoms with van der Waals surface area (Å²) in [7, 11) is 0. The number of nitriles is 1. The number of imidazole rings is 1. The molecule has 3 aromatic rings. The van der Waals surface area contributed by atoms with E-state index in [-0.39, 0.29) is 6.23 Å². The van der Waals surface area contributed by atoms with Gasteiger partial charge in [-0.25, -0.2) is 4.98 Å². The highest BCUT2D eigenvalue weighted by molar-refractivity contribution is 5.93. The maximum atomic E-state index is 9.40. The summed E-state index contributed by atoms with van der Waals surface area (Å²) in [6, 6.07) is 16.2. The second-order valence-electron chi connectivity index (χ2n) is 5.84. The van der Waals surface area contributed by atoms with E-state index in [4.69, 9.17) is 4.74 Å². The van der Waals surface area contributed by atoms with Gasteiger partial charge >= 0.3 is 0 Å². The molecule has 1 aliphatic rings. The Hall–Kier alpha value is -2.64. The van der Waals surface area contributed by atoms with Gasteiger partial charge in [-0.15, -0.1) is 0 Å². The second-order valence-corrected chi connectivity index (χ2v) is 5.84. The summed E-state index contributed by atoms with van der Waals surface area (Å²) in [5.74, 6) is 0. The minimum atomic E-state index is 0.0197. The van der Waals surface area contributed by atoms with E-state index in [0.29, 0.717) is 5.56 Å². The van der Waals surface area contributed by atoms with Crippen LogP contribution in [0.4, 0.5) is 0 Å². The topological polar surface area (TPSA) is 50.8 Å². The van der Waals surface area contributed by atoms with Crippen LogP contribution < -0.4 is 0 Å². The number of benzene rings is 2. The SMILES string of the molecule is N#Cc1cc(-c2ccccc2)c2ncn(C3CCCCO3)c2c1. The number of fused-ring (bicyclic) bond motifs is 1. The maximum Gasteiger partial charge on any atom is 0.135 e. The molecular formula is C19H17N3O. The monoisotopic (exact) mass is 303 g/mol. The van der Waals surface area contributed by atoms with Crippen LogP contribution in [0.25, 0.3) is 22.2 Å². The minimum Gasteiger partial charge on any atom is -0.358 e. The molecule has 1 unspecified atom stereocenters. The van der Waals surface area contributed by atoms with Gasteiger partial charge in [-0.3, -0.25) is 0 Å². The summed E-state index contributed by atoms with van der Waals surface area (Å²) < 4.78 is 7.96. The first kappa shape index (κ1) is 14.0. The molecule has 0 aliphatic carbocycles. The molecule has 1 atom stereocenters. The molecule has 0 spiro atoms. The molecule has 114 valence electrons. The van der Waals surface area contributed by atoms with E-state index in [1.807, 2.05) is 48.8 Å². The molecule has 1 saturated heterocycles. The second kappa shape index (κ2) is 5.86. The van der Waals surface area contributed by atoms with Gasteiger partial charge in [0.2, 0.25) is 0 Å². The zero-order valence-corrected chi connectivity index (χ0v) is 12.8. The summed E-state index contributed by atoms with van der Waals surface area (Å²) >= 11 is 0. The van der Waals surface area contributed by atoms with E-state index in [2.05, 4.69) is 15.6 Å². The molecule has 23 heavy (non-hydrogen) atoms. The Balaban J connectivity index is 1.91. The zero-order chi connectivity index (χ0) is 15.6. The molecule has 0 amide bonds. The summed E-state index contributed by atoms with van der Waals surface area (Å²) in [5, 5.41) is 9.40. The molecule has 4 rings (SSSR count). The third-order valence-electron chi connectivity index (χ3n) is 4.36. The smallest absolute Gasteiger partial charge is 0.135 e. The molecule has 1 aromatic heterocycles. The van der Waals surface area contributed by atoms with Crippen LogP contribution in [0.1, 0.15) is 31.1 Å². The lowest BCUT2D eigenvalue weighted by atomic mass is 10.0. The van der Waals surface area contributed by atoms with Crippen molar-refractivity contribution in [3.8, 4) is 17.2 Å². The van der Waals surface area contributed by atoms with E-state index in [9.17, 15) is 5.26 Å². The number of ether oxygens (including phenoxy) is 1. The van der Waals surface area contributed by atoms with Crippen molar-refractivity contribution >= 4 is 11.0 Å². The maximum absolute atomic E-state index is 9.40. The molecule has 2 aromatic carbocycles. The fourth-order valence-corrected chi connectivity index (χ4v) is 3.21. The van der Waals surface area contributed by atoms with E-state index in [1.165, 1.54) is 0 Å². The highest BCUT2D eigenvalue weighted by Crippen LogP contribution is 2.32. The summed E-state index contributed by atoms with van der Waals surface area (Å²) in [5.41, 5.74) is 4.60. The lowest BCUT2D eigenvalue weighted by Crippen LogP contribution is -2.17. The minimum absolute atomic E-state index is 0.0197. The Morgan fingerprint density at radius 2 is 2.04 bits per heavy atom. The van der Waals surface area contributed by atoms with Crippen molar-refractivity contribution in [2.45, 2.75) is 25.5 Å². The number of rotatable bonds is 2. The van der Waals surface area contributed by atoms with Gasteiger partial charge < -0.3 is 9.30 Å². The number of aromatic nitrogens is 2. The van der Waals surface area contributed by atoms with E-state index < -0.39 is 0 Å². The zero-order valence-electron chi connectivity index (χ0n) is 12.8. The number of hydrogen-bond donors (Lipinski definition) is 0. The van der Waals surface area contributed by atoms with Gasteiger partial charge in [-0.05, 0) is 37.0 Å². The first-order chi connectivity index (χ1) is 11.4. The third-order valence-corrected chi connectivity index (χ3v) is 4.36. The molecule has 2 heterocycles. The molecule has 4 nitrogen and oxygen atoms in total. The quantitative estimate of drug-likeness (QED) is 0.710. The summed E-state index contributed by atoms with van der Waals surface area (Å²) in [4.78, 5) is 4.62. The highest BCUT2D eigenvalue weighted by Gasteiger charge is 2.19. The standard InChI is InChI=1S/C19H17N3O/c20-12-14-10-16(15-6-2-1-3-7-15)19-17(11-14)22(13-21-19)18-8-4-5-9-23-18/h1-3,6-7,10-11,13,18H,4-5,8-9H2. The fraction of sp³-hybridized carbons (Fsp3) is 0.263. The molecule has 0 N–H and O–H groups in total. The van der Waals surface area contributed by atoms with Gasteiger partial charge in [-0.1, -0.05) is 30.3 Å². The number of nitrogens with zero attached hydrogens (tertiary/aromatic N) is 3. The summed E-state index contributed by atoms with van der Waals surface area (Å²) in [6.07, 6.45) is 5.12. The third kappa shape index (κ3) is 2.49. The van der Waals surface area contributed by atoms with Crippen LogP contribution in [0.5, 0.6) is 0 Å². The van der Waals surface area contributed by atoms with Crippen molar-refractivity contribution in [2.24, 2.45) is 0 Å². The first-order valence-electron chi connectivity index (χ1n) is 7.94. The van der Waals surface area contributed by atoms with Gasteiger partial charge in [-0.2, -0.15) is 5.26 Å². The van der Waals surface area contributed by atoms with E-state index >= 15 is 0 Å². The van der Waals surface area contributed by atoms with Crippen LogP contribution in [0.15, 0.2) is 48.8 Å². The van der Waals surface area contributed by atoms with Gasteiger partial charge in [0.25, 0.3) is 0 Å². The van der Waals surface area contributed by atoms with Crippen molar-refractivity contribution in [2.75, 3.05) is 6.61 Å². The van der Waals surface area contributed by atoms with Gasteiger partial charge in [0.15, 0.2) is 0 Å². The van der Waals surface area contributed by atoms with Crippen LogP contribution in [0, 0.1) is 11.3 Å². The molecule has 0 radical (unpaired) electrons. The van der Waals surface area contributed by atoms with Gasteiger partial charge in [0.1, 0.15) is 6.23 Å². The average Bonchev–Trinajstić information content (AvgIpc) is 3.06. The Bertz CT molecular complexity index is 871. The van der Waals surface area contributed by atoms with Crippen molar-refractivity contribution in [3.05, 3.63) is 54.4 Å². The van der Waals surface area contributed by atoms with Crippen molar-refractivity contribution in [1.29, 1.82) is 5.26 Å². The van der Waals surface area contributed by atoms with E-state index in [0.717, 1.165) is 48.0 Å². The molecule has 4 heteroatoms. The van der Waals surface area contributed by atoms with Crippen LogP contribution in [0.2, 0.25) is 0 Å². The Morgan fingerprint density at radius 1 is 1.17 bits per heavy atom. The predicted octanol–water partition coefficient (Wildman–Crippen LogP) is 4.27. The Kier molecular flexibility index (Phi) is 3.57. The average molecular weight is 303 g/mol. The Morgan fingerprint density at radius 3 is 2.78 bits per heavy atom.